The van der Waals surface area contributed by atoms with Gasteiger partial charge in [0, 0.05) is 30.3 Å². The van der Waals surface area contributed by atoms with Crippen LogP contribution in [-0.4, -0.2) is 19.6 Å². The highest BCUT2D eigenvalue weighted by molar-refractivity contribution is 6.30. The SMILES string of the molecule is CCCN(CC1CC1)c1ccc(Cl)cc1CNCC. The van der Waals surface area contributed by atoms with Gasteiger partial charge in [0.2, 0.25) is 0 Å². The van der Waals surface area contributed by atoms with E-state index >= 15 is 0 Å². The molecule has 0 unspecified atom stereocenters. The van der Waals surface area contributed by atoms with Crippen molar-refractivity contribution < 1.29 is 0 Å². The summed E-state index contributed by atoms with van der Waals surface area (Å²) in [5, 5.41) is 4.25. The molecule has 1 aliphatic carbocycles. The fourth-order valence-electron chi connectivity index (χ4n) is 2.46. The normalized spacial score (nSPS) is 14.7. The van der Waals surface area contributed by atoms with Crippen LogP contribution in [0.3, 0.4) is 0 Å². The molecule has 2 nitrogen and oxygen atoms in total. The largest absolute Gasteiger partial charge is 0.371 e. The molecule has 1 fully saturated rings. The summed E-state index contributed by atoms with van der Waals surface area (Å²) >= 11 is 6.15. The third-order valence-corrected chi connectivity index (χ3v) is 3.85. The number of hydrogen-bond donors (Lipinski definition) is 1. The molecule has 0 atom stereocenters. The predicted octanol–water partition coefficient (Wildman–Crippen LogP) is 4.08. The molecule has 1 saturated carbocycles. The average molecular weight is 281 g/mol. The first-order valence-electron chi connectivity index (χ1n) is 7.48. The Hall–Kier alpha value is -0.730. The topological polar surface area (TPSA) is 15.3 Å². The Morgan fingerprint density at radius 3 is 2.74 bits per heavy atom. The summed E-state index contributed by atoms with van der Waals surface area (Å²) < 4.78 is 0. The quantitative estimate of drug-likeness (QED) is 0.772. The minimum absolute atomic E-state index is 0.833. The second-order valence-electron chi connectivity index (χ2n) is 5.44. The maximum atomic E-state index is 6.15. The number of benzene rings is 1. The molecular formula is C16H25ClN2. The van der Waals surface area contributed by atoms with Crippen LogP contribution < -0.4 is 10.2 Å². The van der Waals surface area contributed by atoms with E-state index in [0.717, 1.165) is 30.6 Å². The molecule has 1 N–H and O–H groups in total. The molecule has 0 bridgehead atoms. The number of nitrogens with one attached hydrogen (secondary N) is 1. The van der Waals surface area contributed by atoms with E-state index < -0.39 is 0 Å². The molecule has 3 heteroatoms. The summed E-state index contributed by atoms with van der Waals surface area (Å²) in [6.45, 7) is 8.61. The van der Waals surface area contributed by atoms with Gasteiger partial charge in [0.25, 0.3) is 0 Å². The Labute approximate surface area is 122 Å². The number of anilines is 1. The Balaban J connectivity index is 2.17. The van der Waals surface area contributed by atoms with E-state index in [4.69, 9.17) is 11.6 Å². The van der Waals surface area contributed by atoms with Crippen molar-refractivity contribution in [2.45, 2.75) is 39.7 Å². The van der Waals surface area contributed by atoms with Crippen LogP contribution in [-0.2, 0) is 6.54 Å². The van der Waals surface area contributed by atoms with Gasteiger partial charge in [0.05, 0.1) is 0 Å². The fourth-order valence-corrected chi connectivity index (χ4v) is 2.65. The van der Waals surface area contributed by atoms with Crippen molar-refractivity contribution >= 4 is 17.3 Å². The molecule has 0 saturated heterocycles. The highest BCUT2D eigenvalue weighted by Gasteiger charge is 2.25. The minimum Gasteiger partial charge on any atom is -0.371 e. The zero-order valence-corrected chi connectivity index (χ0v) is 12.8. The molecule has 0 spiro atoms. The van der Waals surface area contributed by atoms with Crippen LogP contribution in [0.1, 0.15) is 38.7 Å². The second kappa shape index (κ2) is 7.16. The second-order valence-corrected chi connectivity index (χ2v) is 5.88. The van der Waals surface area contributed by atoms with Crippen molar-refractivity contribution in [3.8, 4) is 0 Å². The number of rotatable bonds is 8. The van der Waals surface area contributed by atoms with Crippen LogP contribution >= 0.6 is 11.6 Å². The summed E-state index contributed by atoms with van der Waals surface area (Å²) in [5.74, 6) is 0.911. The van der Waals surface area contributed by atoms with Crippen molar-refractivity contribution in [3.63, 3.8) is 0 Å². The van der Waals surface area contributed by atoms with E-state index in [2.05, 4.69) is 36.2 Å². The lowest BCUT2D eigenvalue weighted by Crippen LogP contribution is -2.28. The highest BCUT2D eigenvalue weighted by Crippen LogP contribution is 2.33. The smallest absolute Gasteiger partial charge is 0.0412 e. The van der Waals surface area contributed by atoms with Crippen molar-refractivity contribution in [1.82, 2.24) is 5.32 Å². The molecule has 0 aromatic heterocycles. The molecule has 0 aliphatic heterocycles. The third-order valence-electron chi connectivity index (χ3n) is 3.62. The predicted molar refractivity (Wildman–Crippen MR) is 84.1 cm³/mol. The fraction of sp³-hybridized carbons (Fsp3) is 0.625. The summed E-state index contributed by atoms with van der Waals surface area (Å²) in [5.41, 5.74) is 2.68. The maximum absolute atomic E-state index is 6.15. The van der Waals surface area contributed by atoms with Gasteiger partial charge in [-0.1, -0.05) is 25.4 Å². The number of hydrogen-bond acceptors (Lipinski definition) is 2. The van der Waals surface area contributed by atoms with Crippen LogP contribution in [0.2, 0.25) is 5.02 Å². The summed E-state index contributed by atoms with van der Waals surface area (Å²) in [6, 6.07) is 6.31. The molecule has 0 heterocycles. The van der Waals surface area contributed by atoms with Gasteiger partial charge in [-0.15, -0.1) is 0 Å². The van der Waals surface area contributed by atoms with Gasteiger partial charge in [-0.25, -0.2) is 0 Å². The molecule has 1 aliphatic rings. The van der Waals surface area contributed by atoms with E-state index in [1.54, 1.807) is 0 Å². The molecule has 0 amide bonds. The molecule has 2 rings (SSSR count). The van der Waals surface area contributed by atoms with Crippen molar-refractivity contribution in [2.75, 3.05) is 24.5 Å². The Kier molecular flexibility index (Phi) is 5.53. The van der Waals surface area contributed by atoms with Gasteiger partial charge in [0.1, 0.15) is 0 Å². The Bertz CT molecular complexity index is 402. The molecule has 1 aromatic rings. The van der Waals surface area contributed by atoms with E-state index in [0.29, 0.717) is 0 Å². The first kappa shape index (κ1) is 14.7. The van der Waals surface area contributed by atoms with E-state index in [1.165, 1.54) is 37.1 Å². The van der Waals surface area contributed by atoms with Crippen LogP contribution in [0, 0.1) is 5.92 Å². The van der Waals surface area contributed by atoms with Crippen LogP contribution in [0.25, 0.3) is 0 Å². The van der Waals surface area contributed by atoms with Crippen LogP contribution in [0.5, 0.6) is 0 Å². The zero-order valence-electron chi connectivity index (χ0n) is 12.1. The molecule has 1 aromatic carbocycles. The van der Waals surface area contributed by atoms with Gasteiger partial charge in [-0.05, 0) is 55.5 Å². The van der Waals surface area contributed by atoms with Gasteiger partial charge < -0.3 is 10.2 Å². The van der Waals surface area contributed by atoms with Gasteiger partial charge in [-0.2, -0.15) is 0 Å². The van der Waals surface area contributed by atoms with Gasteiger partial charge >= 0.3 is 0 Å². The van der Waals surface area contributed by atoms with Crippen LogP contribution in [0.15, 0.2) is 18.2 Å². The standard InChI is InChI=1S/C16H25ClN2/c1-3-9-19(12-13-5-6-13)16-8-7-15(17)10-14(16)11-18-4-2/h7-8,10,13,18H,3-6,9,11-12H2,1-2H3. The molecule has 106 valence electrons. The lowest BCUT2D eigenvalue weighted by Gasteiger charge is -2.27. The summed E-state index contributed by atoms with van der Waals surface area (Å²) in [6.07, 6.45) is 3.99. The number of nitrogens with zero attached hydrogens (tertiary/aromatic N) is 1. The summed E-state index contributed by atoms with van der Waals surface area (Å²) in [4.78, 5) is 2.54. The summed E-state index contributed by atoms with van der Waals surface area (Å²) in [7, 11) is 0. The first-order chi connectivity index (χ1) is 9.24. The Morgan fingerprint density at radius 1 is 1.32 bits per heavy atom. The Morgan fingerprint density at radius 2 is 2.11 bits per heavy atom. The van der Waals surface area contributed by atoms with E-state index in [1.807, 2.05) is 6.07 Å². The van der Waals surface area contributed by atoms with Crippen LogP contribution in [0.4, 0.5) is 5.69 Å². The number of halogens is 1. The molecule has 0 radical (unpaired) electrons. The van der Waals surface area contributed by atoms with E-state index in [-0.39, 0.29) is 0 Å². The molecular weight excluding hydrogens is 256 g/mol. The van der Waals surface area contributed by atoms with Gasteiger partial charge in [-0.3, -0.25) is 0 Å². The average Bonchev–Trinajstić information content (AvgIpc) is 3.20. The van der Waals surface area contributed by atoms with Crippen molar-refractivity contribution in [3.05, 3.63) is 28.8 Å². The van der Waals surface area contributed by atoms with Gasteiger partial charge in [0.15, 0.2) is 0 Å². The highest BCUT2D eigenvalue weighted by atomic mass is 35.5. The van der Waals surface area contributed by atoms with E-state index in [9.17, 15) is 0 Å². The lowest BCUT2D eigenvalue weighted by molar-refractivity contribution is 0.689. The maximum Gasteiger partial charge on any atom is 0.0412 e. The zero-order chi connectivity index (χ0) is 13.7. The van der Waals surface area contributed by atoms with Crippen molar-refractivity contribution in [2.24, 2.45) is 5.92 Å². The monoisotopic (exact) mass is 280 g/mol. The first-order valence-corrected chi connectivity index (χ1v) is 7.86. The molecule has 19 heavy (non-hydrogen) atoms. The minimum atomic E-state index is 0.833. The lowest BCUT2D eigenvalue weighted by atomic mass is 10.1. The third kappa shape index (κ3) is 4.39. The van der Waals surface area contributed by atoms with Crippen molar-refractivity contribution in [1.29, 1.82) is 0 Å².